The number of nitrogens with zero attached hydrogens (tertiary/aromatic N) is 4. The Labute approximate surface area is 127 Å². The Kier molecular flexibility index (Phi) is 3.67. The fourth-order valence-corrected chi connectivity index (χ4v) is 3.39. The van der Waals surface area contributed by atoms with Crippen molar-refractivity contribution in [3.8, 4) is 0 Å². The van der Waals surface area contributed by atoms with Gasteiger partial charge in [0.15, 0.2) is 5.13 Å². The number of carbonyl (C=O) groups is 1. The highest BCUT2D eigenvalue weighted by Gasteiger charge is 2.25. The second kappa shape index (κ2) is 5.48. The van der Waals surface area contributed by atoms with Crippen molar-refractivity contribution in [2.45, 2.75) is 20.8 Å². The molecule has 3 heterocycles. The van der Waals surface area contributed by atoms with Crippen molar-refractivity contribution in [3.63, 3.8) is 0 Å². The highest BCUT2D eigenvalue weighted by molar-refractivity contribution is 7.15. The number of rotatable bonds is 2. The van der Waals surface area contributed by atoms with Crippen molar-refractivity contribution < 1.29 is 4.79 Å². The number of H-pyrrole nitrogens is 1. The van der Waals surface area contributed by atoms with Crippen LogP contribution in [0.1, 0.15) is 26.6 Å². The van der Waals surface area contributed by atoms with Gasteiger partial charge in [-0.25, -0.2) is 4.98 Å². The third-order valence-corrected chi connectivity index (χ3v) is 5.05. The highest BCUT2D eigenvalue weighted by Crippen LogP contribution is 2.26. The molecule has 21 heavy (non-hydrogen) atoms. The molecule has 0 saturated carbocycles. The van der Waals surface area contributed by atoms with Gasteiger partial charge in [0.1, 0.15) is 0 Å². The van der Waals surface area contributed by atoms with Crippen LogP contribution in [0.4, 0.5) is 5.13 Å². The van der Waals surface area contributed by atoms with E-state index in [4.69, 9.17) is 0 Å². The molecule has 6 nitrogen and oxygen atoms in total. The number of piperazine rings is 1. The molecule has 0 atom stereocenters. The zero-order valence-corrected chi connectivity index (χ0v) is 13.3. The molecule has 1 aliphatic heterocycles. The molecule has 112 valence electrons. The largest absolute Gasteiger partial charge is 0.345 e. The predicted octanol–water partition coefficient (Wildman–Crippen LogP) is 1.75. The summed E-state index contributed by atoms with van der Waals surface area (Å²) in [6, 6.07) is 0. The van der Waals surface area contributed by atoms with Crippen LogP contribution in [0.2, 0.25) is 0 Å². The van der Waals surface area contributed by atoms with E-state index in [1.807, 2.05) is 18.7 Å². The number of amides is 1. The summed E-state index contributed by atoms with van der Waals surface area (Å²) in [5.74, 6) is 0.0624. The second-order valence-corrected chi connectivity index (χ2v) is 6.51. The molecular formula is C14H19N5OS. The summed E-state index contributed by atoms with van der Waals surface area (Å²) in [6.45, 7) is 9.11. The van der Waals surface area contributed by atoms with Gasteiger partial charge < -0.3 is 9.80 Å². The van der Waals surface area contributed by atoms with Gasteiger partial charge in [0, 0.05) is 36.8 Å². The second-order valence-electron chi connectivity index (χ2n) is 5.33. The van der Waals surface area contributed by atoms with Crippen LogP contribution in [0.3, 0.4) is 0 Å². The molecule has 1 N–H and O–H groups in total. The lowest BCUT2D eigenvalue weighted by atomic mass is 10.2. The molecule has 0 radical (unpaired) electrons. The SMILES string of the molecule is Cc1nc(N2CCN(C(=O)c3cn[nH]c3C)CC2)sc1C. The molecule has 1 fully saturated rings. The highest BCUT2D eigenvalue weighted by atomic mass is 32.1. The van der Waals surface area contributed by atoms with Gasteiger partial charge in [-0.1, -0.05) is 0 Å². The minimum Gasteiger partial charge on any atom is -0.345 e. The molecule has 1 aliphatic rings. The summed E-state index contributed by atoms with van der Waals surface area (Å²) in [7, 11) is 0. The maximum absolute atomic E-state index is 12.4. The van der Waals surface area contributed by atoms with E-state index in [9.17, 15) is 4.79 Å². The summed E-state index contributed by atoms with van der Waals surface area (Å²) in [5.41, 5.74) is 2.60. The molecule has 0 aromatic carbocycles. The van der Waals surface area contributed by atoms with E-state index in [-0.39, 0.29) is 5.91 Å². The first kappa shape index (κ1) is 14.1. The van der Waals surface area contributed by atoms with E-state index < -0.39 is 0 Å². The summed E-state index contributed by atoms with van der Waals surface area (Å²) >= 11 is 1.73. The maximum atomic E-state index is 12.4. The Morgan fingerprint density at radius 3 is 2.48 bits per heavy atom. The average Bonchev–Trinajstić information content (AvgIpc) is 3.05. The van der Waals surface area contributed by atoms with Gasteiger partial charge in [-0.3, -0.25) is 9.89 Å². The average molecular weight is 305 g/mol. The van der Waals surface area contributed by atoms with Crippen molar-refractivity contribution in [1.82, 2.24) is 20.1 Å². The molecule has 0 bridgehead atoms. The van der Waals surface area contributed by atoms with Gasteiger partial charge in [-0.15, -0.1) is 11.3 Å². The summed E-state index contributed by atoms with van der Waals surface area (Å²) in [4.78, 5) is 22.4. The summed E-state index contributed by atoms with van der Waals surface area (Å²) in [6.07, 6.45) is 1.61. The monoisotopic (exact) mass is 305 g/mol. The number of hydrogen-bond donors (Lipinski definition) is 1. The number of aromatic amines is 1. The third-order valence-electron chi connectivity index (χ3n) is 3.91. The molecule has 0 aliphatic carbocycles. The van der Waals surface area contributed by atoms with Crippen molar-refractivity contribution >= 4 is 22.4 Å². The quantitative estimate of drug-likeness (QED) is 0.918. The molecule has 2 aromatic heterocycles. The Bertz CT molecular complexity index is 635. The van der Waals surface area contributed by atoms with E-state index >= 15 is 0 Å². The number of thiazole rings is 1. The van der Waals surface area contributed by atoms with Gasteiger partial charge in [0.05, 0.1) is 17.5 Å². The Balaban J connectivity index is 1.65. The van der Waals surface area contributed by atoms with Crippen LogP contribution in [-0.2, 0) is 0 Å². The van der Waals surface area contributed by atoms with Gasteiger partial charge in [-0.2, -0.15) is 5.10 Å². The lowest BCUT2D eigenvalue weighted by Crippen LogP contribution is -2.48. The van der Waals surface area contributed by atoms with Crippen molar-refractivity contribution in [2.75, 3.05) is 31.1 Å². The predicted molar refractivity (Wildman–Crippen MR) is 83.0 cm³/mol. The van der Waals surface area contributed by atoms with Gasteiger partial charge >= 0.3 is 0 Å². The molecule has 2 aromatic rings. The van der Waals surface area contributed by atoms with Crippen molar-refractivity contribution in [3.05, 3.63) is 28.0 Å². The molecule has 0 unspecified atom stereocenters. The zero-order valence-electron chi connectivity index (χ0n) is 12.5. The fourth-order valence-electron chi connectivity index (χ4n) is 2.43. The van der Waals surface area contributed by atoms with Crippen LogP contribution in [0.15, 0.2) is 6.20 Å². The van der Waals surface area contributed by atoms with E-state index in [0.717, 1.165) is 42.7 Å². The van der Waals surface area contributed by atoms with Gasteiger partial charge in [0.2, 0.25) is 0 Å². The fraction of sp³-hybridized carbons (Fsp3) is 0.500. The van der Waals surface area contributed by atoms with E-state index in [1.165, 1.54) is 4.88 Å². The van der Waals surface area contributed by atoms with Gasteiger partial charge in [-0.05, 0) is 20.8 Å². The standard InChI is InChI=1S/C14H19N5OS/c1-9-11(3)21-14(16-9)19-6-4-18(5-7-19)13(20)12-8-15-17-10(12)2/h8H,4-7H2,1-3H3,(H,15,17). The summed E-state index contributed by atoms with van der Waals surface area (Å²) < 4.78 is 0. The third kappa shape index (κ3) is 2.65. The number of aryl methyl sites for hydroxylation is 3. The Morgan fingerprint density at radius 2 is 1.95 bits per heavy atom. The zero-order chi connectivity index (χ0) is 15.0. The number of anilines is 1. The van der Waals surface area contributed by atoms with E-state index in [1.54, 1.807) is 17.5 Å². The van der Waals surface area contributed by atoms with E-state index in [2.05, 4.69) is 27.0 Å². The topological polar surface area (TPSA) is 65.1 Å². The molecule has 7 heteroatoms. The van der Waals surface area contributed by atoms with E-state index in [0.29, 0.717) is 5.56 Å². The first-order valence-corrected chi connectivity index (χ1v) is 7.86. The van der Waals surface area contributed by atoms with Gasteiger partial charge in [0.25, 0.3) is 5.91 Å². The van der Waals surface area contributed by atoms with Crippen molar-refractivity contribution in [1.29, 1.82) is 0 Å². The number of hydrogen-bond acceptors (Lipinski definition) is 5. The van der Waals surface area contributed by atoms with Crippen LogP contribution >= 0.6 is 11.3 Å². The van der Waals surface area contributed by atoms with Crippen LogP contribution in [0, 0.1) is 20.8 Å². The lowest BCUT2D eigenvalue weighted by Gasteiger charge is -2.34. The number of nitrogens with one attached hydrogen (secondary N) is 1. The number of carbonyl (C=O) groups excluding carboxylic acids is 1. The molecule has 1 amide bonds. The molecular weight excluding hydrogens is 286 g/mol. The van der Waals surface area contributed by atoms with Crippen LogP contribution in [-0.4, -0.2) is 52.2 Å². The molecule has 3 rings (SSSR count). The smallest absolute Gasteiger partial charge is 0.257 e. The first-order valence-electron chi connectivity index (χ1n) is 7.04. The normalized spacial score (nSPS) is 15.6. The number of aromatic nitrogens is 3. The Hall–Kier alpha value is -1.89. The minimum absolute atomic E-state index is 0.0624. The van der Waals surface area contributed by atoms with Crippen molar-refractivity contribution in [2.24, 2.45) is 0 Å². The maximum Gasteiger partial charge on any atom is 0.257 e. The van der Waals surface area contributed by atoms with Crippen LogP contribution in [0.25, 0.3) is 0 Å². The van der Waals surface area contributed by atoms with Crippen LogP contribution in [0.5, 0.6) is 0 Å². The lowest BCUT2D eigenvalue weighted by molar-refractivity contribution is 0.0746. The first-order chi connectivity index (χ1) is 10.1. The minimum atomic E-state index is 0.0624. The molecule has 0 spiro atoms. The Morgan fingerprint density at radius 1 is 1.24 bits per heavy atom. The van der Waals surface area contributed by atoms with Crippen LogP contribution < -0.4 is 4.90 Å². The molecule has 1 saturated heterocycles. The summed E-state index contributed by atoms with van der Waals surface area (Å²) in [5, 5.41) is 7.80.